The van der Waals surface area contributed by atoms with E-state index in [1.165, 1.54) is 46.1 Å². The fourth-order valence-electron chi connectivity index (χ4n) is 5.23. The van der Waals surface area contributed by atoms with Gasteiger partial charge in [-0.1, -0.05) is 0 Å². The minimum Gasteiger partial charge on any atom is -0.489 e. The second-order valence-electron chi connectivity index (χ2n) is 13.7. The molecular weight excluding hydrogens is 736 g/mol. The Labute approximate surface area is 326 Å². The van der Waals surface area contributed by atoms with Gasteiger partial charge in [0.05, 0.1) is 48.2 Å². The van der Waals surface area contributed by atoms with Gasteiger partial charge in [0.1, 0.15) is 22.7 Å². The molecule has 8 rings (SSSR count). The van der Waals surface area contributed by atoms with Crippen LogP contribution in [0.15, 0.2) is 73.8 Å². The van der Waals surface area contributed by atoms with Gasteiger partial charge < -0.3 is 36.3 Å². The number of carboxylic acids is 1. The van der Waals surface area contributed by atoms with Crippen LogP contribution in [0.25, 0.3) is 11.3 Å². The molecule has 0 unspecified atom stereocenters. The molecule has 2 saturated carbocycles. The minimum absolute atomic E-state index is 0.0457. The summed E-state index contributed by atoms with van der Waals surface area (Å²) in [6, 6.07) is 6.40. The fraction of sp³-hybridized carbons (Fsp3) is 0.316. The lowest BCUT2D eigenvalue weighted by Gasteiger charge is -2.14. The van der Waals surface area contributed by atoms with Crippen LogP contribution in [0.5, 0.6) is 11.5 Å². The number of imidazole rings is 2. The number of pyridine rings is 2. The number of aromatic nitrogens is 8. The Morgan fingerprint density at radius 1 is 0.684 bits per heavy atom. The zero-order valence-electron chi connectivity index (χ0n) is 31.6. The van der Waals surface area contributed by atoms with E-state index < -0.39 is 5.97 Å². The number of carbonyl (C=O) groups excluding carboxylic acids is 3. The molecule has 0 atom stereocenters. The molecule has 19 heteroatoms. The van der Waals surface area contributed by atoms with Crippen molar-refractivity contribution in [1.29, 1.82) is 0 Å². The normalized spacial score (nSPS) is 13.2. The van der Waals surface area contributed by atoms with Gasteiger partial charge in [0, 0.05) is 48.8 Å². The monoisotopic (exact) mass is 778 g/mol. The van der Waals surface area contributed by atoms with E-state index in [2.05, 4.69) is 46.1 Å². The van der Waals surface area contributed by atoms with Crippen molar-refractivity contribution < 1.29 is 33.8 Å². The first-order chi connectivity index (χ1) is 27.4. The zero-order chi connectivity index (χ0) is 40.6. The van der Waals surface area contributed by atoms with Crippen molar-refractivity contribution >= 4 is 58.0 Å². The van der Waals surface area contributed by atoms with Crippen LogP contribution in [-0.4, -0.2) is 80.2 Å². The smallest absolute Gasteiger partial charge is 0.339 e. The summed E-state index contributed by atoms with van der Waals surface area (Å²) in [6.07, 6.45) is 15.8. The van der Waals surface area contributed by atoms with E-state index in [1.54, 1.807) is 36.8 Å². The molecule has 19 nitrogen and oxygen atoms in total. The standard InChI is InChI=1S/C19H20N6O3.C11H10N4O3.C8H12N2O/c1-11(2)28-15-6-7-20-9-14(15)23-19(27)13-5-8-22-25-16(10-21-17(13)25)24-18(26)12-3-4-12;16-10(6-1-2-6)14-8-5-12-9-7(11(17)18)3-4-13-15(8)9;1-6(2)11-8-3-4-10-5-7(8)9/h5-12H,3-4H2,1-2H3,(H,23,27)(H,24,26);3-6H,1-2H2,(H,14,16)(H,17,18);3-6H,9H2,1-2H3. The maximum Gasteiger partial charge on any atom is 0.339 e. The second-order valence-corrected chi connectivity index (χ2v) is 13.7. The molecule has 0 spiro atoms. The lowest BCUT2D eigenvalue weighted by molar-refractivity contribution is -0.118. The molecule has 2 aliphatic rings. The Bertz CT molecular complexity index is 2400. The van der Waals surface area contributed by atoms with E-state index in [4.69, 9.17) is 20.3 Å². The maximum atomic E-state index is 12.9. The van der Waals surface area contributed by atoms with Crippen LogP contribution in [0.1, 0.15) is 74.1 Å². The molecule has 0 aliphatic heterocycles. The number of nitrogens with zero attached hydrogens (tertiary/aromatic N) is 8. The highest BCUT2D eigenvalue weighted by Gasteiger charge is 2.31. The Kier molecular flexibility index (Phi) is 12.1. The predicted molar refractivity (Wildman–Crippen MR) is 208 cm³/mol. The van der Waals surface area contributed by atoms with E-state index in [9.17, 15) is 19.2 Å². The quantitative estimate of drug-likeness (QED) is 0.119. The molecule has 2 aliphatic carbocycles. The predicted octanol–water partition coefficient (Wildman–Crippen LogP) is 4.74. The molecule has 6 aromatic rings. The highest BCUT2D eigenvalue weighted by atomic mass is 16.5. The molecule has 0 radical (unpaired) electrons. The zero-order valence-corrected chi connectivity index (χ0v) is 31.6. The van der Waals surface area contributed by atoms with Gasteiger partial charge in [-0.3, -0.25) is 24.4 Å². The number of anilines is 4. The summed E-state index contributed by atoms with van der Waals surface area (Å²) >= 11 is 0. The molecule has 6 heterocycles. The number of fused-ring (bicyclic) bond motifs is 2. The number of carboxylic acid groups (broad SMARTS) is 1. The molecule has 6 aromatic heterocycles. The molecule has 2 fully saturated rings. The summed E-state index contributed by atoms with van der Waals surface area (Å²) in [6.45, 7) is 7.72. The topological polar surface area (TPSA) is 255 Å². The van der Waals surface area contributed by atoms with Gasteiger partial charge in [-0.05, 0) is 65.5 Å². The largest absolute Gasteiger partial charge is 0.489 e. The van der Waals surface area contributed by atoms with Crippen LogP contribution in [0.2, 0.25) is 0 Å². The molecule has 0 bridgehead atoms. The highest BCUT2D eigenvalue weighted by molar-refractivity contribution is 6.09. The molecule has 296 valence electrons. The van der Waals surface area contributed by atoms with E-state index >= 15 is 0 Å². The van der Waals surface area contributed by atoms with Crippen molar-refractivity contribution in [3.63, 3.8) is 0 Å². The Balaban J connectivity index is 0.000000161. The van der Waals surface area contributed by atoms with Crippen molar-refractivity contribution in [3.8, 4) is 11.5 Å². The first kappa shape index (κ1) is 39.5. The summed E-state index contributed by atoms with van der Waals surface area (Å²) in [4.78, 5) is 63.6. The lowest BCUT2D eigenvalue weighted by Crippen LogP contribution is -2.17. The summed E-state index contributed by atoms with van der Waals surface area (Å²) < 4.78 is 13.9. The minimum atomic E-state index is -1.08. The van der Waals surface area contributed by atoms with Crippen molar-refractivity contribution in [2.24, 2.45) is 11.8 Å². The third-order valence-electron chi connectivity index (χ3n) is 8.24. The maximum absolute atomic E-state index is 12.9. The third-order valence-corrected chi connectivity index (χ3v) is 8.24. The SMILES string of the molecule is CC(C)Oc1ccncc1N.CC(C)Oc1ccncc1NC(=O)c1ccnn2c(NC(=O)C3CC3)cnc12.O=C(O)c1ccnn2c(NC(=O)C3CC3)cnc12. The molecule has 3 amide bonds. The number of nitrogens with two attached hydrogens (primary N) is 1. The van der Waals surface area contributed by atoms with E-state index in [0.717, 1.165) is 25.7 Å². The van der Waals surface area contributed by atoms with Gasteiger partial charge in [0.15, 0.2) is 22.9 Å². The van der Waals surface area contributed by atoms with E-state index in [0.29, 0.717) is 45.7 Å². The summed E-state index contributed by atoms with van der Waals surface area (Å²) in [5.41, 5.74) is 7.57. The average molecular weight is 779 g/mol. The van der Waals surface area contributed by atoms with Crippen LogP contribution in [-0.2, 0) is 9.59 Å². The number of amides is 3. The summed E-state index contributed by atoms with van der Waals surface area (Å²) in [5.74, 6) is 0.618. The molecule has 0 saturated heterocycles. The number of hydrogen-bond acceptors (Lipinski definition) is 13. The number of nitrogens with one attached hydrogen (secondary N) is 3. The second kappa shape index (κ2) is 17.5. The molecule has 6 N–H and O–H groups in total. The number of nitrogen functional groups attached to an aromatic ring is 1. The van der Waals surface area contributed by atoms with E-state index in [-0.39, 0.29) is 53.0 Å². The number of hydrogen-bond donors (Lipinski definition) is 5. The Hall–Kier alpha value is -7.18. The van der Waals surface area contributed by atoms with Gasteiger partial charge >= 0.3 is 5.97 Å². The van der Waals surface area contributed by atoms with Crippen LogP contribution in [0.3, 0.4) is 0 Å². The molecule has 0 aromatic carbocycles. The van der Waals surface area contributed by atoms with Crippen LogP contribution >= 0.6 is 0 Å². The van der Waals surface area contributed by atoms with Gasteiger partial charge in [0.2, 0.25) is 11.8 Å². The van der Waals surface area contributed by atoms with Crippen LogP contribution in [0, 0.1) is 11.8 Å². The summed E-state index contributed by atoms with van der Waals surface area (Å²) in [5, 5.41) is 25.5. The third kappa shape index (κ3) is 10.1. The average Bonchev–Trinajstić information content (AvgIpc) is 4.13. The fourth-order valence-corrected chi connectivity index (χ4v) is 5.23. The van der Waals surface area contributed by atoms with Crippen LogP contribution in [0.4, 0.5) is 23.0 Å². The first-order valence-corrected chi connectivity index (χ1v) is 18.2. The van der Waals surface area contributed by atoms with Gasteiger partial charge in [0.25, 0.3) is 5.91 Å². The Morgan fingerprint density at radius 2 is 1.18 bits per heavy atom. The molecular formula is C38H42N12O7. The summed E-state index contributed by atoms with van der Waals surface area (Å²) in [7, 11) is 0. The molecule has 57 heavy (non-hydrogen) atoms. The van der Waals surface area contributed by atoms with Crippen molar-refractivity contribution in [2.75, 3.05) is 21.7 Å². The number of aromatic carboxylic acids is 1. The van der Waals surface area contributed by atoms with Crippen LogP contribution < -0.4 is 31.2 Å². The van der Waals surface area contributed by atoms with Gasteiger partial charge in [-0.25, -0.2) is 14.8 Å². The first-order valence-electron chi connectivity index (χ1n) is 18.2. The van der Waals surface area contributed by atoms with Crippen molar-refractivity contribution in [2.45, 2.75) is 65.6 Å². The highest BCUT2D eigenvalue weighted by Crippen LogP contribution is 2.31. The van der Waals surface area contributed by atoms with E-state index in [1.807, 2.05) is 27.7 Å². The lowest BCUT2D eigenvalue weighted by atomic mass is 10.2. The van der Waals surface area contributed by atoms with Gasteiger partial charge in [-0.15, -0.1) is 0 Å². The Morgan fingerprint density at radius 3 is 1.68 bits per heavy atom. The van der Waals surface area contributed by atoms with Crippen molar-refractivity contribution in [3.05, 3.63) is 85.0 Å². The number of ether oxygens (including phenoxy) is 2. The number of carbonyl (C=O) groups is 4. The number of rotatable bonds is 11. The van der Waals surface area contributed by atoms with Gasteiger partial charge in [-0.2, -0.15) is 19.2 Å². The van der Waals surface area contributed by atoms with Crippen molar-refractivity contribution in [1.82, 2.24) is 39.2 Å².